The Hall–Kier alpha value is -3.55. The zero-order valence-electron chi connectivity index (χ0n) is 19.7. The molecule has 2 N–H and O–H groups in total. The van der Waals surface area contributed by atoms with Gasteiger partial charge >= 0.3 is 0 Å². The maximum Gasteiger partial charge on any atom is 0.272 e. The third kappa shape index (κ3) is 5.32. The summed E-state index contributed by atoms with van der Waals surface area (Å²) in [5, 5.41) is 5.50. The Morgan fingerprint density at radius 1 is 1.09 bits per heavy atom. The highest BCUT2D eigenvalue weighted by Crippen LogP contribution is 2.27. The predicted octanol–water partition coefficient (Wildman–Crippen LogP) is 2.81. The van der Waals surface area contributed by atoms with Crippen LogP contribution in [0.3, 0.4) is 0 Å². The Labute approximate surface area is 199 Å². The number of carbonyl (C=O) groups excluding carboxylic acids is 3. The minimum absolute atomic E-state index is 0.135. The Morgan fingerprint density at radius 3 is 2.56 bits per heavy atom. The molecule has 1 fully saturated rings. The number of likely N-dealkylation sites (N-methyl/N-ethyl adjacent to an activating group) is 1. The number of aromatic nitrogens is 1. The SMILES string of the molecule is C[C@H](NC(=O)CC1CCCCC1)C(=O)NC1N=C(c2ccccn2)c2ccccc2N(C)C1=O. The van der Waals surface area contributed by atoms with Crippen LogP contribution in [0.2, 0.25) is 0 Å². The van der Waals surface area contributed by atoms with Crippen LogP contribution >= 0.6 is 0 Å². The van der Waals surface area contributed by atoms with Crippen molar-refractivity contribution in [2.45, 2.75) is 57.7 Å². The minimum Gasteiger partial charge on any atom is -0.345 e. The van der Waals surface area contributed by atoms with Gasteiger partial charge in [0.05, 0.1) is 17.1 Å². The summed E-state index contributed by atoms with van der Waals surface area (Å²) < 4.78 is 0. The quantitative estimate of drug-likeness (QED) is 0.690. The van der Waals surface area contributed by atoms with Crippen molar-refractivity contribution < 1.29 is 14.4 Å². The maximum absolute atomic E-state index is 13.2. The van der Waals surface area contributed by atoms with E-state index in [9.17, 15) is 14.4 Å². The first-order chi connectivity index (χ1) is 16.4. The second-order valence-electron chi connectivity index (χ2n) is 9.02. The molecule has 0 radical (unpaired) electrons. The zero-order valence-corrected chi connectivity index (χ0v) is 19.7. The summed E-state index contributed by atoms with van der Waals surface area (Å²) in [7, 11) is 1.66. The molecule has 2 heterocycles. The molecular formula is C26H31N5O3. The molecule has 0 saturated heterocycles. The number of amides is 3. The van der Waals surface area contributed by atoms with Gasteiger partial charge in [-0.2, -0.15) is 0 Å². The first-order valence-electron chi connectivity index (χ1n) is 11.9. The molecule has 0 spiro atoms. The molecule has 8 heteroatoms. The average molecular weight is 462 g/mol. The highest BCUT2D eigenvalue weighted by atomic mass is 16.2. The summed E-state index contributed by atoms with van der Waals surface area (Å²) in [6.45, 7) is 1.62. The molecule has 1 saturated carbocycles. The molecule has 2 atom stereocenters. The van der Waals surface area contributed by atoms with Crippen molar-refractivity contribution >= 4 is 29.1 Å². The summed E-state index contributed by atoms with van der Waals surface area (Å²) in [5.41, 5.74) is 2.56. The van der Waals surface area contributed by atoms with E-state index in [0.29, 0.717) is 29.4 Å². The Bertz CT molecular complexity index is 1080. The zero-order chi connectivity index (χ0) is 24.1. The first-order valence-corrected chi connectivity index (χ1v) is 11.9. The minimum atomic E-state index is -1.14. The summed E-state index contributed by atoms with van der Waals surface area (Å²) in [5.74, 6) is -0.583. The maximum atomic E-state index is 13.2. The number of fused-ring (bicyclic) bond motifs is 1. The van der Waals surface area contributed by atoms with Crippen LogP contribution in [0.1, 0.15) is 56.7 Å². The van der Waals surface area contributed by atoms with E-state index in [2.05, 4.69) is 20.6 Å². The summed E-state index contributed by atoms with van der Waals surface area (Å²) >= 11 is 0. The number of benzodiazepines with no additional fused rings is 1. The Morgan fingerprint density at radius 2 is 1.82 bits per heavy atom. The van der Waals surface area contributed by atoms with Crippen molar-refractivity contribution in [3.63, 3.8) is 0 Å². The highest BCUT2D eigenvalue weighted by Gasteiger charge is 2.32. The van der Waals surface area contributed by atoms with Crippen LogP contribution in [0.15, 0.2) is 53.7 Å². The van der Waals surface area contributed by atoms with E-state index in [1.165, 1.54) is 11.3 Å². The second-order valence-corrected chi connectivity index (χ2v) is 9.02. The van der Waals surface area contributed by atoms with Crippen molar-refractivity contribution in [2.24, 2.45) is 10.9 Å². The molecule has 34 heavy (non-hydrogen) atoms. The fraction of sp³-hybridized carbons (Fsp3) is 0.423. The van der Waals surface area contributed by atoms with Crippen LogP contribution in [-0.2, 0) is 14.4 Å². The lowest BCUT2D eigenvalue weighted by atomic mass is 9.87. The van der Waals surface area contributed by atoms with Gasteiger partial charge in [-0.25, -0.2) is 4.99 Å². The normalized spacial score (nSPS) is 19.5. The smallest absolute Gasteiger partial charge is 0.272 e. The van der Waals surface area contributed by atoms with Gasteiger partial charge < -0.3 is 15.5 Å². The first kappa shape index (κ1) is 23.6. The summed E-state index contributed by atoms with van der Waals surface area (Å²) in [6, 6.07) is 12.1. The van der Waals surface area contributed by atoms with Crippen LogP contribution in [-0.4, -0.2) is 47.7 Å². The van der Waals surface area contributed by atoms with Gasteiger partial charge in [0.1, 0.15) is 6.04 Å². The van der Waals surface area contributed by atoms with E-state index in [4.69, 9.17) is 0 Å². The van der Waals surface area contributed by atoms with Gasteiger partial charge in [0.15, 0.2) is 0 Å². The number of aliphatic imine (C=N–C) groups is 1. The van der Waals surface area contributed by atoms with E-state index < -0.39 is 18.1 Å². The van der Waals surface area contributed by atoms with E-state index in [0.717, 1.165) is 31.2 Å². The van der Waals surface area contributed by atoms with E-state index in [1.807, 2.05) is 36.4 Å². The van der Waals surface area contributed by atoms with Gasteiger partial charge in [-0.3, -0.25) is 19.4 Å². The molecule has 3 amide bonds. The number of pyridine rings is 1. The lowest BCUT2D eigenvalue weighted by Crippen LogP contribution is -2.52. The van der Waals surface area contributed by atoms with Crippen LogP contribution in [0.4, 0.5) is 5.69 Å². The molecule has 4 rings (SSSR count). The molecule has 1 aliphatic heterocycles. The van der Waals surface area contributed by atoms with Crippen LogP contribution < -0.4 is 15.5 Å². The van der Waals surface area contributed by atoms with Crippen LogP contribution in [0.25, 0.3) is 0 Å². The molecule has 1 aromatic heterocycles. The molecule has 1 aliphatic carbocycles. The monoisotopic (exact) mass is 461 g/mol. The number of nitrogens with one attached hydrogen (secondary N) is 2. The molecule has 0 bridgehead atoms. The van der Waals surface area contributed by atoms with Crippen LogP contribution in [0, 0.1) is 5.92 Å². The van der Waals surface area contributed by atoms with Gasteiger partial charge in [-0.05, 0) is 43.9 Å². The fourth-order valence-corrected chi connectivity index (χ4v) is 4.60. The number of anilines is 1. The van der Waals surface area contributed by atoms with E-state index in [1.54, 1.807) is 26.2 Å². The third-order valence-electron chi connectivity index (χ3n) is 6.50. The molecule has 8 nitrogen and oxygen atoms in total. The number of nitrogens with zero attached hydrogens (tertiary/aromatic N) is 3. The summed E-state index contributed by atoms with van der Waals surface area (Å²) in [4.78, 5) is 49.2. The standard InChI is InChI=1S/C26H31N5O3/c1-17(28-22(32)16-18-10-4-3-5-11-18)25(33)30-24-26(34)31(2)21-14-7-6-12-19(21)23(29-24)20-13-8-9-15-27-20/h6-9,12-15,17-18,24H,3-5,10-11,16H2,1-2H3,(H,28,32)(H,30,33)/t17-,24?/m0/s1. The van der Waals surface area contributed by atoms with Gasteiger partial charge in [0.2, 0.25) is 18.0 Å². The topological polar surface area (TPSA) is 104 Å². The lowest BCUT2D eigenvalue weighted by Gasteiger charge is -2.23. The predicted molar refractivity (Wildman–Crippen MR) is 130 cm³/mol. The lowest BCUT2D eigenvalue weighted by molar-refractivity contribution is -0.131. The molecular weight excluding hydrogens is 430 g/mol. The van der Waals surface area contributed by atoms with Crippen molar-refractivity contribution in [1.82, 2.24) is 15.6 Å². The number of para-hydroxylation sites is 1. The van der Waals surface area contributed by atoms with E-state index in [-0.39, 0.29) is 11.8 Å². The van der Waals surface area contributed by atoms with Crippen molar-refractivity contribution in [2.75, 3.05) is 11.9 Å². The van der Waals surface area contributed by atoms with Gasteiger partial charge in [0.25, 0.3) is 5.91 Å². The number of carbonyl (C=O) groups is 3. The Balaban J connectivity index is 1.51. The third-order valence-corrected chi connectivity index (χ3v) is 6.50. The van der Waals surface area contributed by atoms with Crippen molar-refractivity contribution in [1.29, 1.82) is 0 Å². The van der Waals surface area contributed by atoms with Crippen molar-refractivity contribution in [3.05, 3.63) is 59.9 Å². The number of hydrogen-bond acceptors (Lipinski definition) is 5. The molecule has 178 valence electrons. The molecule has 2 aromatic rings. The average Bonchev–Trinajstić information content (AvgIpc) is 2.96. The van der Waals surface area contributed by atoms with Crippen LogP contribution in [0.5, 0.6) is 0 Å². The van der Waals surface area contributed by atoms with Gasteiger partial charge in [-0.15, -0.1) is 0 Å². The summed E-state index contributed by atoms with van der Waals surface area (Å²) in [6.07, 6.45) is 6.61. The number of benzene rings is 1. The van der Waals surface area contributed by atoms with Crippen molar-refractivity contribution in [3.8, 4) is 0 Å². The Kier molecular flexibility index (Phi) is 7.35. The van der Waals surface area contributed by atoms with E-state index >= 15 is 0 Å². The molecule has 1 aromatic carbocycles. The molecule has 1 unspecified atom stereocenters. The van der Waals surface area contributed by atoms with Gasteiger partial charge in [0, 0.05) is 25.2 Å². The largest absolute Gasteiger partial charge is 0.345 e. The molecule has 2 aliphatic rings. The number of rotatable bonds is 6. The second kappa shape index (κ2) is 10.6. The fourth-order valence-electron chi connectivity index (χ4n) is 4.60. The number of hydrogen-bond donors (Lipinski definition) is 2. The highest BCUT2D eigenvalue weighted by molar-refractivity contribution is 6.19. The van der Waals surface area contributed by atoms with Gasteiger partial charge in [-0.1, -0.05) is 43.5 Å².